The molecular weight excluding hydrogens is 1250 g/mol. The van der Waals surface area contributed by atoms with E-state index in [9.17, 15) is 0 Å². The summed E-state index contributed by atoms with van der Waals surface area (Å²) in [6, 6.07) is 147. The molecule has 0 heteroatoms. The highest BCUT2D eigenvalue weighted by molar-refractivity contribution is 6.19. The summed E-state index contributed by atoms with van der Waals surface area (Å²) in [5.41, 5.74) is 33.1. The molecule has 0 heterocycles. The molecule has 0 spiro atoms. The molecule has 486 valence electrons. The van der Waals surface area contributed by atoms with Crippen molar-refractivity contribution in [1.29, 1.82) is 0 Å². The van der Waals surface area contributed by atoms with Crippen LogP contribution < -0.4 is 0 Å². The van der Waals surface area contributed by atoms with E-state index in [0.29, 0.717) is 0 Å². The third kappa shape index (κ3) is 9.18. The zero-order chi connectivity index (χ0) is 69.0. The smallest absolute Gasteiger partial charge is 0.0622 e. The quantitative estimate of drug-likeness (QED) is 0.113. The summed E-state index contributed by atoms with van der Waals surface area (Å²) >= 11 is 0. The first kappa shape index (κ1) is 60.9. The summed E-state index contributed by atoms with van der Waals surface area (Å²) in [6.45, 7) is 4.61. The fraction of sp³-hybridized carbons (Fsp3) is 0.0385. The van der Waals surface area contributed by atoms with Crippen molar-refractivity contribution in [2.24, 2.45) is 0 Å². The number of hydrogen-bond acceptors (Lipinski definition) is 0. The van der Waals surface area contributed by atoms with Gasteiger partial charge in [0.15, 0.2) is 0 Å². The van der Waals surface area contributed by atoms with Crippen molar-refractivity contribution >= 4 is 43.1 Å². The molecule has 20 rings (SSSR count). The molecule has 0 saturated heterocycles. The lowest BCUT2D eigenvalue weighted by Gasteiger charge is -2.37. The second-order valence-electron chi connectivity index (χ2n) is 28.5. The lowest BCUT2D eigenvalue weighted by molar-refractivity contribution is 0.777. The van der Waals surface area contributed by atoms with Crippen LogP contribution in [0, 0.1) is 13.8 Å². The van der Waals surface area contributed by atoms with Crippen molar-refractivity contribution < 1.29 is 0 Å². The molecule has 104 heavy (non-hydrogen) atoms. The van der Waals surface area contributed by atoms with Gasteiger partial charge in [-0.15, -0.1) is 0 Å². The standard InChI is InChI=1S/C104H70/c1-67-54-58-82(99-93-52-26-27-53-94(93)104(100(67)99,80-42-16-7-17-43-80)102-91-50-24-20-46-87(91)98(88-47-21-25-51-92(88)102)78-57-59-81(68(2)62-78)71-34-12-5-13-35-71)76-38-28-37-73(63-76)75-56-61-84-83-60-55-74(70-32-10-4-11-33-70)65-95(83)103(96(84)66-75,79-40-14-6-15-41-79)101-89-48-22-18-44-85(89)97(86-45-19-23-49-90(86)101)77-39-29-36-72(64-77)69-30-8-3-9-31-69/h3-66H,1-2H3. The number of hydrogen-bond donors (Lipinski definition) is 0. The Bertz CT molecular complexity index is 6350. The van der Waals surface area contributed by atoms with E-state index in [2.05, 4.69) is 402 Å². The summed E-state index contributed by atoms with van der Waals surface area (Å²) in [7, 11) is 0. The highest BCUT2D eigenvalue weighted by Gasteiger charge is 2.51. The normalized spacial score (nSPS) is 14.9. The maximum atomic E-state index is 2.57. The molecule has 0 nitrogen and oxygen atoms in total. The van der Waals surface area contributed by atoms with E-state index in [1.165, 1.54) is 188 Å². The molecule has 0 aliphatic heterocycles. The molecule has 0 amide bonds. The monoisotopic (exact) mass is 1320 g/mol. The minimum Gasteiger partial charge on any atom is -0.0622 e. The van der Waals surface area contributed by atoms with E-state index in [0.717, 1.165) is 11.1 Å². The van der Waals surface area contributed by atoms with Crippen LogP contribution in [0.4, 0.5) is 0 Å². The van der Waals surface area contributed by atoms with Crippen LogP contribution in [-0.2, 0) is 10.8 Å². The van der Waals surface area contributed by atoms with Crippen LogP contribution in [0.5, 0.6) is 0 Å². The summed E-state index contributed by atoms with van der Waals surface area (Å²) in [5.74, 6) is 0. The van der Waals surface area contributed by atoms with Crippen molar-refractivity contribution in [2.45, 2.75) is 24.7 Å². The Balaban J connectivity index is 0.812. The van der Waals surface area contributed by atoms with Gasteiger partial charge in [0.05, 0.1) is 10.8 Å². The van der Waals surface area contributed by atoms with Crippen molar-refractivity contribution in [3.05, 3.63) is 444 Å². The molecule has 0 aromatic heterocycles. The molecule has 2 atom stereocenters. The van der Waals surface area contributed by atoms with E-state index in [1.807, 2.05) is 0 Å². The van der Waals surface area contributed by atoms with Gasteiger partial charge in [0.1, 0.15) is 0 Å². The third-order valence-corrected chi connectivity index (χ3v) is 23.0. The van der Waals surface area contributed by atoms with Gasteiger partial charge in [0.2, 0.25) is 0 Å². The zero-order valence-electron chi connectivity index (χ0n) is 58.0. The Labute approximate surface area is 607 Å². The first-order valence-corrected chi connectivity index (χ1v) is 36.5. The van der Waals surface area contributed by atoms with Gasteiger partial charge in [-0.2, -0.15) is 0 Å². The average Bonchev–Trinajstić information content (AvgIpc) is 1.49. The van der Waals surface area contributed by atoms with Crippen LogP contribution in [0.1, 0.15) is 55.6 Å². The van der Waals surface area contributed by atoms with Gasteiger partial charge in [-0.05, 0) is 237 Å². The number of fused-ring (bicyclic) bond motifs is 10. The van der Waals surface area contributed by atoms with Gasteiger partial charge < -0.3 is 0 Å². The summed E-state index contributed by atoms with van der Waals surface area (Å²) in [5, 5.41) is 9.88. The molecule has 0 radical (unpaired) electrons. The zero-order valence-corrected chi connectivity index (χ0v) is 58.0. The Hall–Kier alpha value is -13.0. The Morgan fingerprint density at radius 2 is 0.510 bits per heavy atom. The van der Waals surface area contributed by atoms with Gasteiger partial charge >= 0.3 is 0 Å². The summed E-state index contributed by atoms with van der Waals surface area (Å²) in [6.07, 6.45) is 0. The van der Waals surface area contributed by atoms with Crippen molar-refractivity contribution in [2.75, 3.05) is 0 Å². The van der Waals surface area contributed by atoms with Crippen LogP contribution in [-0.4, -0.2) is 0 Å². The van der Waals surface area contributed by atoms with E-state index < -0.39 is 10.8 Å². The molecule has 0 N–H and O–H groups in total. The maximum absolute atomic E-state index is 2.57. The molecule has 2 aliphatic carbocycles. The second kappa shape index (κ2) is 24.4. The number of rotatable bonds is 11. The lowest BCUT2D eigenvalue weighted by Crippen LogP contribution is -2.30. The maximum Gasteiger partial charge on any atom is 0.0728 e. The second-order valence-corrected chi connectivity index (χ2v) is 28.5. The van der Waals surface area contributed by atoms with Crippen LogP contribution >= 0.6 is 0 Å². The largest absolute Gasteiger partial charge is 0.0728 e. The highest BCUT2D eigenvalue weighted by atomic mass is 14.5. The topological polar surface area (TPSA) is 0 Å². The Kier molecular flexibility index (Phi) is 14.3. The van der Waals surface area contributed by atoms with E-state index >= 15 is 0 Å². The van der Waals surface area contributed by atoms with Gasteiger partial charge in [-0.25, -0.2) is 0 Å². The Morgan fingerprint density at radius 3 is 1.03 bits per heavy atom. The van der Waals surface area contributed by atoms with E-state index in [4.69, 9.17) is 0 Å². The predicted octanol–water partition coefficient (Wildman–Crippen LogP) is 27.3. The number of aryl methyl sites for hydroxylation is 2. The van der Waals surface area contributed by atoms with Crippen molar-refractivity contribution in [1.82, 2.24) is 0 Å². The van der Waals surface area contributed by atoms with Gasteiger partial charge in [-0.1, -0.05) is 364 Å². The molecule has 18 aromatic rings. The van der Waals surface area contributed by atoms with Crippen LogP contribution in [0.3, 0.4) is 0 Å². The first-order chi connectivity index (χ1) is 51.4. The molecular formula is C104H70. The molecule has 0 fully saturated rings. The fourth-order valence-corrected chi connectivity index (χ4v) is 18.8. The van der Waals surface area contributed by atoms with Gasteiger partial charge in [0.25, 0.3) is 0 Å². The summed E-state index contributed by atoms with van der Waals surface area (Å²) in [4.78, 5) is 0. The minimum atomic E-state index is -0.797. The van der Waals surface area contributed by atoms with Crippen LogP contribution in [0.15, 0.2) is 388 Å². The van der Waals surface area contributed by atoms with Gasteiger partial charge in [0, 0.05) is 0 Å². The van der Waals surface area contributed by atoms with Crippen LogP contribution in [0.25, 0.3) is 143 Å². The number of benzene rings is 18. The van der Waals surface area contributed by atoms with Crippen LogP contribution in [0.2, 0.25) is 0 Å². The molecule has 0 saturated carbocycles. The first-order valence-electron chi connectivity index (χ1n) is 36.5. The van der Waals surface area contributed by atoms with Crippen molar-refractivity contribution in [3.8, 4) is 100 Å². The molecule has 2 unspecified atom stereocenters. The highest BCUT2D eigenvalue weighted by Crippen LogP contribution is 2.64. The SMILES string of the molecule is Cc1cc(-c2c3ccccc3c(C3(c4ccccc4)c4ccccc4-c4c(-c5cccc(-c6ccc7c(c6)C(c6ccccc6)(c6c8ccccc8c(-c8cccc(-c9ccccc9)c8)c8ccccc68)c6cc(-c8ccccc8)ccc6-7)c5)ccc(C)c43)c3ccccc23)ccc1-c1ccccc1. The summed E-state index contributed by atoms with van der Waals surface area (Å²) < 4.78 is 0. The Morgan fingerprint density at radius 1 is 0.163 bits per heavy atom. The molecule has 18 aromatic carbocycles. The van der Waals surface area contributed by atoms with E-state index in [1.54, 1.807) is 0 Å². The lowest BCUT2D eigenvalue weighted by atomic mass is 9.63. The third-order valence-electron chi connectivity index (χ3n) is 23.0. The van der Waals surface area contributed by atoms with Gasteiger partial charge in [-0.3, -0.25) is 0 Å². The fourth-order valence-electron chi connectivity index (χ4n) is 18.8. The molecule has 0 bridgehead atoms. The van der Waals surface area contributed by atoms with Crippen molar-refractivity contribution in [3.63, 3.8) is 0 Å². The molecule has 2 aliphatic rings. The van der Waals surface area contributed by atoms with E-state index in [-0.39, 0.29) is 0 Å². The minimum absolute atomic E-state index is 0.732. The average molecular weight is 1320 g/mol. The predicted molar refractivity (Wildman–Crippen MR) is 439 cm³/mol.